The molecular formula is C17H18FN3. The van der Waals surface area contributed by atoms with Gasteiger partial charge in [-0.25, -0.2) is 9.37 Å². The summed E-state index contributed by atoms with van der Waals surface area (Å²) < 4.78 is 15.5. The van der Waals surface area contributed by atoms with Gasteiger partial charge in [0.2, 0.25) is 0 Å². The zero-order chi connectivity index (χ0) is 14.8. The van der Waals surface area contributed by atoms with Crippen molar-refractivity contribution in [1.29, 1.82) is 0 Å². The molecule has 3 nitrogen and oxygen atoms in total. The number of hydrogen-bond acceptors (Lipinski definition) is 2. The monoisotopic (exact) mass is 283 g/mol. The predicted octanol–water partition coefficient (Wildman–Crippen LogP) is 3.76. The second-order valence-corrected chi connectivity index (χ2v) is 5.24. The minimum absolute atomic E-state index is 0.210. The SMILES string of the molecule is CCCc1nc2cc(N)ccc2n1Cc1cccc(F)c1. The third kappa shape index (κ3) is 2.75. The van der Waals surface area contributed by atoms with Crippen molar-refractivity contribution in [3.63, 3.8) is 0 Å². The number of fused-ring (bicyclic) bond motifs is 1. The highest BCUT2D eigenvalue weighted by Gasteiger charge is 2.11. The van der Waals surface area contributed by atoms with Crippen LogP contribution in [0, 0.1) is 5.82 Å². The van der Waals surface area contributed by atoms with Gasteiger partial charge in [0.15, 0.2) is 0 Å². The van der Waals surface area contributed by atoms with Gasteiger partial charge < -0.3 is 10.3 Å². The molecule has 3 rings (SSSR count). The van der Waals surface area contributed by atoms with E-state index in [1.807, 2.05) is 24.3 Å². The molecule has 2 aromatic carbocycles. The fourth-order valence-electron chi connectivity index (χ4n) is 2.61. The zero-order valence-electron chi connectivity index (χ0n) is 12.0. The Hall–Kier alpha value is -2.36. The molecule has 0 radical (unpaired) electrons. The van der Waals surface area contributed by atoms with Crippen LogP contribution in [0.25, 0.3) is 11.0 Å². The van der Waals surface area contributed by atoms with E-state index in [1.165, 1.54) is 6.07 Å². The highest BCUT2D eigenvalue weighted by molar-refractivity contribution is 5.79. The molecule has 0 aliphatic rings. The quantitative estimate of drug-likeness (QED) is 0.741. The van der Waals surface area contributed by atoms with Gasteiger partial charge in [-0.05, 0) is 42.3 Å². The summed E-state index contributed by atoms with van der Waals surface area (Å²) in [6.07, 6.45) is 1.91. The van der Waals surface area contributed by atoms with E-state index >= 15 is 0 Å². The van der Waals surface area contributed by atoms with Gasteiger partial charge in [0.05, 0.1) is 11.0 Å². The molecule has 4 heteroatoms. The summed E-state index contributed by atoms with van der Waals surface area (Å²) in [6.45, 7) is 2.74. The third-order valence-corrected chi connectivity index (χ3v) is 3.55. The van der Waals surface area contributed by atoms with Gasteiger partial charge in [0.1, 0.15) is 11.6 Å². The fourth-order valence-corrected chi connectivity index (χ4v) is 2.61. The smallest absolute Gasteiger partial charge is 0.123 e. The van der Waals surface area contributed by atoms with Gasteiger partial charge in [-0.15, -0.1) is 0 Å². The van der Waals surface area contributed by atoms with Gasteiger partial charge in [-0.2, -0.15) is 0 Å². The lowest BCUT2D eigenvalue weighted by Crippen LogP contribution is -2.05. The molecule has 0 amide bonds. The first-order chi connectivity index (χ1) is 10.2. The first-order valence-corrected chi connectivity index (χ1v) is 7.16. The standard InChI is InChI=1S/C17H18FN3/c1-2-4-17-20-15-10-14(19)7-8-16(15)21(17)11-12-5-3-6-13(18)9-12/h3,5-10H,2,4,11,19H2,1H3. The molecule has 1 aromatic heterocycles. The molecule has 0 fully saturated rings. The molecule has 0 saturated heterocycles. The zero-order valence-corrected chi connectivity index (χ0v) is 12.0. The number of nitrogens with zero attached hydrogens (tertiary/aromatic N) is 2. The van der Waals surface area contributed by atoms with Gasteiger partial charge in [-0.1, -0.05) is 19.1 Å². The molecular weight excluding hydrogens is 265 g/mol. The van der Waals surface area contributed by atoms with E-state index in [4.69, 9.17) is 5.73 Å². The fraction of sp³-hybridized carbons (Fsp3) is 0.235. The summed E-state index contributed by atoms with van der Waals surface area (Å²) >= 11 is 0. The Balaban J connectivity index is 2.08. The van der Waals surface area contributed by atoms with Crippen LogP contribution >= 0.6 is 0 Å². The average Bonchev–Trinajstić information content (AvgIpc) is 2.76. The molecule has 21 heavy (non-hydrogen) atoms. The lowest BCUT2D eigenvalue weighted by Gasteiger charge is -2.09. The maximum atomic E-state index is 13.4. The van der Waals surface area contributed by atoms with Crippen LogP contribution in [0.3, 0.4) is 0 Å². The normalized spacial score (nSPS) is 11.1. The molecule has 0 atom stereocenters. The van der Waals surface area contributed by atoms with E-state index in [2.05, 4.69) is 16.5 Å². The highest BCUT2D eigenvalue weighted by Crippen LogP contribution is 2.21. The van der Waals surface area contributed by atoms with Gasteiger partial charge in [0.25, 0.3) is 0 Å². The Bertz CT molecular complexity index is 777. The topological polar surface area (TPSA) is 43.8 Å². The lowest BCUT2D eigenvalue weighted by atomic mass is 10.2. The van der Waals surface area contributed by atoms with Gasteiger partial charge in [-0.3, -0.25) is 0 Å². The van der Waals surface area contributed by atoms with Crippen molar-refractivity contribution in [1.82, 2.24) is 9.55 Å². The molecule has 3 aromatic rings. The second-order valence-electron chi connectivity index (χ2n) is 5.24. The molecule has 0 spiro atoms. The number of aryl methyl sites for hydroxylation is 1. The van der Waals surface area contributed by atoms with Crippen molar-refractivity contribution in [2.75, 3.05) is 5.73 Å². The summed E-state index contributed by atoms with van der Waals surface area (Å²) in [5, 5.41) is 0. The predicted molar refractivity (Wildman–Crippen MR) is 83.6 cm³/mol. The third-order valence-electron chi connectivity index (χ3n) is 3.55. The highest BCUT2D eigenvalue weighted by atomic mass is 19.1. The molecule has 2 N–H and O–H groups in total. The van der Waals surface area contributed by atoms with E-state index in [0.717, 1.165) is 35.3 Å². The largest absolute Gasteiger partial charge is 0.399 e. The Morgan fingerprint density at radius 3 is 2.81 bits per heavy atom. The lowest BCUT2D eigenvalue weighted by molar-refractivity contribution is 0.622. The van der Waals surface area contributed by atoms with Crippen molar-refractivity contribution in [2.24, 2.45) is 0 Å². The van der Waals surface area contributed by atoms with Crippen LogP contribution in [0.2, 0.25) is 0 Å². The molecule has 0 aliphatic carbocycles. The van der Waals surface area contributed by atoms with E-state index in [1.54, 1.807) is 12.1 Å². The number of rotatable bonds is 4. The molecule has 1 heterocycles. The number of imidazole rings is 1. The summed E-state index contributed by atoms with van der Waals surface area (Å²) in [4.78, 5) is 4.67. The van der Waals surface area contributed by atoms with E-state index in [-0.39, 0.29) is 5.82 Å². The van der Waals surface area contributed by atoms with Crippen molar-refractivity contribution in [3.8, 4) is 0 Å². The maximum Gasteiger partial charge on any atom is 0.123 e. The number of anilines is 1. The van der Waals surface area contributed by atoms with Crippen LogP contribution in [-0.2, 0) is 13.0 Å². The van der Waals surface area contributed by atoms with Crippen molar-refractivity contribution in [2.45, 2.75) is 26.3 Å². The van der Waals surface area contributed by atoms with Gasteiger partial charge >= 0.3 is 0 Å². The maximum absolute atomic E-state index is 13.4. The minimum Gasteiger partial charge on any atom is -0.399 e. The van der Waals surface area contributed by atoms with Crippen LogP contribution < -0.4 is 5.73 Å². The number of nitrogens with two attached hydrogens (primary N) is 1. The molecule has 0 bridgehead atoms. The molecule has 0 unspecified atom stereocenters. The minimum atomic E-state index is -0.210. The van der Waals surface area contributed by atoms with Crippen LogP contribution in [0.5, 0.6) is 0 Å². The van der Waals surface area contributed by atoms with E-state index in [0.29, 0.717) is 12.2 Å². The number of aromatic nitrogens is 2. The van der Waals surface area contributed by atoms with Gasteiger partial charge in [0, 0.05) is 18.7 Å². The second kappa shape index (κ2) is 5.56. The number of halogens is 1. The Morgan fingerprint density at radius 1 is 1.19 bits per heavy atom. The number of nitrogen functional groups attached to an aromatic ring is 1. The van der Waals surface area contributed by atoms with Crippen molar-refractivity contribution >= 4 is 16.7 Å². The Morgan fingerprint density at radius 2 is 2.05 bits per heavy atom. The Labute approximate surface area is 123 Å². The van der Waals surface area contributed by atoms with Crippen molar-refractivity contribution in [3.05, 3.63) is 59.7 Å². The van der Waals surface area contributed by atoms with Crippen LogP contribution in [0.1, 0.15) is 24.7 Å². The van der Waals surface area contributed by atoms with Crippen LogP contribution in [0.4, 0.5) is 10.1 Å². The number of hydrogen-bond donors (Lipinski definition) is 1. The molecule has 0 aliphatic heterocycles. The van der Waals surface area contributed by atoms with E-state index in [9.17, 15) is 4.39 Å². The van der Waals surface area contributed by atoms with E-state index < -0.39 is 0 Å². The first kappa shape index (κ1) is 13.6. The first-order valence-electron chi connectivity index (χ1n) is 7.16. The molecule has 0 saturated carbocycles. The Kier molecular flexibility index (Phi) is 3.60. The van der Waals surface area contributed by atoms with Crippen LogP contribution in [-0.4, -0.2) is 9.55 Å². The summed E-state index contributed by atoms with van der Waals surface area (Å²) in [6, 6.07) is 12.4. The number of benzene rings is 2. The molecule has 108 valence electrons. The summed E-state index contributed by atoms with van der Waals surface area (Å²) in [5.41, 5.74) is 9.41. The summed E-state index contributed by atoms with van der Waals surface area (Å²) in [7, 11) is 0. The van der Waals surface area contributed by atoms with Crippen LogP contribution in [0.15, 0.2) is 42.5 Å². The summed E-state index contributed by atoms with van der Waals surface area (Å²) in [5.74, 6) is 0.806. The van der Waals surface area contributed by atoms with Crippen molar-refractivity contribution < 1.29 is 4.39 Å². The average molecular weight is 283 g/mol.